The first-order valence-corrected chi connectivity index (χ1v) is 9.19. The highest BCUT2D eigenvalue weighted by Crippen LogP contribution is 2.15. The highest BCUT2D eigenvalue weighted by molar-refractivity contribution is 6.30. The smallest absolute Gasteiger partial charge is 0.316 e. The molecule has 0 radical (unpaired) electrons. The Labute approximate surface area is 175 Å². The molecular formula is C17H16Cl2N6O4. The summed E-state index contributed by atoms with van der Waals surface area (Å²) in [6.45, 7) is 0.451. The minimum absolute atomic E-state index is 0.153. The van der Waals surface area contributed by atoms with Crippen molar-refractivity contribution in [1.29, 1.82) is 0 Å². The van der Waals surface area contributed by atoms with E-state index in [1.54, 1.807) is 30.5 Å². The minimum Gasteiger partial charge on any atom is -0.484 e. The van der Waals surface area contributed by atoms with Crippen molar-refractivity contribution in [2.45, 2.75) is 6.54 Å². The second kappa shape index (κ2) is 9.89. The van der Waals surface area contributed by atoms with Gasteiger partial charge in [-0.2, -0.15) is 10.1 Å². The molecule has 0 atom stereocenters. The molecule has 2 aromatic heterocycles. The lowest BCUT2D eigenvalue weighted by atomic mass is 10.3. The van der Waals surface area contributed by atoms with Crippen molar-refractivity contribution in [1.82, 2.24) is 30.6 Å². The molecule has 1 aromatic carbocycles. The van der Waals surface area contributed by atoms with Gasteiger partial charge >= 0.3 is 11.8 Å². The van der Waals surface area contributed by atoms with E-state index in [0.717, 1.165) is 0 Å². The van der Waals surface area contributed by atoms with Crippen LogP contribution >= 0.6 is 23.2 Å². The molecule has 2 N–H and O–H groups in total. The Morgan fingerprint density at radius 3 is 2.59 bits per heavy atom. The molecule has 12 heteroatoms. The Morgan fingerprint density at radius 2 is 1.86 bits per heavy atom. The number of nitrogens with one attached hydrogen (secondary N) is 2. The molecular weight excluding hydrogens is 423 g/mol. The van der Waals surface area contributed by atoms with Gasteiger partial charge in [-0.15, -0.1) is 0 Å². The normalized spacial score (nSPS) is 10.6. The first-order valence-electron chi connectivity index (χ1n) is 8.43. The Morgan fingerprint density at radius 1 is 1.10 bits per heavy atom. The van der Waals surface area contributed by atoms with Gasteiger partial charge in [-0.25, -0.2) is 0 Å². The van der Waals surface area contributed by atoms with Gasteiger partial charge in [0.1, 0.15) is 12.3 Å². The molecule has 0 saturated heterocycles. The Bertz CT molecular complexity index is 972. The van der Waals surface area contributed by atoms with Crippen molar-refractivity contribution in [3.8, 4) is 5.75 Å². The van der Waals surface area contributed by atoms with E-state index in [1.165, 1.54) is 10.9 Å². The molecule has 0 unspecified atom stereocenters. The summed E-state index contributed by atoms with van der Waals surface area (Å²) in [4.78, 5) is 27.7. The Kier molecular flexibility index (Phi) is 7.04. The van der Waals surface area contributed by atoms with Gasteiger partial charge < -0.3 is 19.9 Å². The number of carbonyl (C=O) groups is 2. The topological polar surface area (TPSA) is 124 Å². The maximum atomic E-state index is 12.0. The van der Waals surface area contributed by atoms with Gasteiger partial charge in [0.2, 0.25) is 0 Å². The van der Waals surface area contributed by atoms with Gasteiger partial charge in [-0.3, -0.25) is 14.3 Å². The molecule has 29 heavy (non-hydrogen) atoms. The van der Waals surface area contributed by atoms with Crippen molar-refractivity contribution in [3.05, 3.63) is 58.4 Å². The fourth-order valence-electron chi connectivity index (χ4n) is 2.16. The van der Waals surface area contributed by atoms with E-state index < -0.39 is 5.91 Å². The summed E-state index contributed by atoms with van der Waals surface area (Å²) in [7, 11) is 0. The van der Waals surface area contributed by atoms with Crippen LogP contribution in [0.1, 0.15) is 16.5 Å². The zero-order chi connectivity index (χ0) is 20.6. The van der Waals surface area contributed by atoms with E-state index in [9.17, 15) is 9.59 Å². The van der Waals surface area contributed by atoms with Crippen LogP contribution in [0.4, 0.5) is 0 Å². The summed E-state index contributed by atoms with van der Waals surface area (Å²) in [5, 5.41) is 13.9. The molecule has 0 fully saturated rings. The largest absolute Gasteiger partial charge is 0.484 e. The first kappa shape index (κ1) is 20.6. The van der Waals surface area contributed by atoms with E-state index >= 15 is 0 Å². The summed E-state index contributed by atoms with van der Waals surface area (Å²) in [5.41, 5.74) is 0. The third-order valence-electron chi connectivity index (χ3n) is 3.48. The third kappa shape index (κ3) is 6.47. The number of halogens is 2. The lowest BCUT2D eigenvalue weighted by Crippen LogP contribution is -2.36. The SMILES string of the molecule is O=C(COc1ccc(Cl)cc1)NCCNC(=O)c1nc(Cn2cc(Cl)cn2)no1. The van der Waals surface area contributed by atoms with Crippen LogP contribution in [0.5, 0.6) is 5.75 Å². The number of rotatable bonds is 9. The molecule has 2 amide bonds. The highest BCUT2D eigenvalue weighted by Gasteiger charge is 2.15. The summed E-state index contributed by atoms with van der Waals surface area (Å²) >= 11 is 11.6. The van der Waals surface area contributed by atoms with Crippen LogP contribution in [0, 0.1) is 0 Å². The molecule has 0 aliphatic heterocycles. The average molecular weight is 439 g/mol. The van der Waals surface area contributed by atoms with Crippen LogP contribution in [0.15, 0.2) is 41.2 Å². The van der Waals surface area contributed by atoms with E-state index in [0.29, 0.717) is 15.8 Å². The first-order chi connectivity index (χ1) is 14.0. The van der Waals surface area contributed by atoms with Gasteiger partial charge in [0, 0.05) is 24.3 Å². The maximum Gasteiger partial charge on any atom is 0.316 e. The Balaban J connectivity index is 1.34. The van der Waals surface area contributed by atoms with Crippen molar-refractivity contribution < 1.29 is 18.8 Å². The number of hydrogen-bond donors (Lipinski definition) is 2. The van der Waals surface area contributed by atoms with Crippen LogP contribution < -0.4 is 15.4 Å². The highest BCUT2D eigenvalue weighted by atomic mass is 35.5. The average Bonchev–Trinajstić information content (AvgIpc) is 3.34. The monoisotopic (exact) mass is 438 g/mol. The number of amides is 2. The molecule has 3 rings (SSSR count). The molecule has 3 aromatic rings. The zero-order valence-corrected chi connectivity index (χ0v) is 16.5. The van der Waals surface area contributed by atoms with Crippen molar-refractivity contribution >= 4 is 35.0 Å². The second-order valence-electron chi connectivity index (χ2n) is 5.72. The van der Waals surface area contributed by atoms with Crippen LogP contribution in [0.25, 0.3) is 0 Å². The van der Waals surface area contributed by atoms with Crippen LogP contribution in [0.3, 0.4) is 0 Å². The van der Waals surface area contributed by atoms with E-state index in [1.807, 2.05) is 0 Å². The lowest BCUT2D eigenvalue weighted by Gasteiger charge is -2.07. The predicted octanol–water partition coefficient (Wildman–Crippen LogP) is 1.55. The van der Waals surface area contributed by atoms with Gasteiger partial charge in [-0.05, 0) is 24.3 Å². The van der Waals surface area contributed by atoms with Gasteiger partial charge in [0.25, 0.3) is 5.91 Å². The number of aromatic nitrogens is 4. The van der Waals surface area contributed by atoms with Crippen LogP contribution in [-0.2, 0) is 11.3 Å². The molecule has 0 bridgehead atoms. The minimum atomic E-state index is -0.547. The quantitative estimate of drug-likeness (QED) is 0.485. The molecule has 0 spiro atoms. The van der Waals surface area contributed by atoms with Crippen molar-refractivity contribution in [2.75, 3.05) is 19.7 Å². The Hall–Kier alpha value is -3.11. The third-order valence-corrected chi connectivity index (χ3v) is 3.93. The number of nitrogens with zero attached hydrogens (tertiary/aromatic N) is 4. The van der Waals surface area contributed by atoms with Crippen molar-refractivity contribution in [2.24, 2.45) is 0 Å². The van der Waals surface area contributed by atoms with Crippen LogP contribution in [-0.4, -0.2) is 51.4 Å². The van der Waals surface area contributed by atoms with Gasteiger partial charge in [-0.1, -0.05) is 28.4 Å². The molecule has 0 saturated carbocycles. The van der Waals surface area contributed by atoms with Crippen molar-refractivity contribution in [3.63, 3.8) is 0 Å². The lowest BCUT2D eigenvalue weighted by molar-refractivity contribution is -0.123. The molecule has 0 aliphatic carbocycles. The van der Waals surface area contributed by atoms with E-state index in [4.69, 9.17) is 32.5 Å². The number of carbonyl (C=O) groups excluding carboxylic acids is 2. The molecule has 10 nitrogen and oxygen atoms in total. The number of ether oxygens (including phenoxy) is 1. The second-order valence-corrected chi connectivity index (χ2v) is 6.59. The van der Waals surface area contributed by atoms with Crippen LogP contribution in [0.2, 0.25) is 10.0 Å². The summed E-state index contributed by atoms with van der Waals surface area (Å²) < 4.78 is 11.7. The van der Waals surface area contributed by atoms with E-state index in [2.05, 4.69) is 25.9 Å². The maximum absolute atomic E-state index is 12.0. The summed E-state index contributed by atoms with van der Waals surface area (Å²) in [6, 6.07) is 6.65. The van der Waals surface area contributed by atoms with Gasteiger partial charge in [0.15, 0.2) is 12.4 Å². The predicted molar refractivity (Wildman–Crippen MR) is 103 cm³/mol. The fourth-order valence-corrected chi connectivity index (χ4v) is 2.45. The molecule has 2 heterocycles. The summed E-state index contributed by atoms with van der Waals surface area (Å²) in [6.07, 6.45) is 3.07. The zero-order valence-electron chi connectivity index (χ0n) is 15.0. The molecule has 152 valence electrons. The van der Waals surface area contributed by atoms with Gasteiger partial charge in [0.05, 0.1) is 11.2 Å². The van der Waals surface area contributed by atoms with E-state index in [-0.39, 0.29) is 43.9 Å². The summed E-state index contributed by atoms with van der Waals surface area (Å²) in [5.74, 6) is -0.248. The fraction of sp³-hybridized carbons (Fsp3) is 0.235. The standard InChI is InChI=1S/C17H16Cl2N6O4/c18-11-1-3-13(4-2-11)28-10-15(26)20-5-6-21-16(27)17-23-14(24-29-17)9-25-8-12(19)7-22-25/h1-4,7-8H,5-6,9-10H2,(H,20,26)(H,21,27). The molecule has 0 aliphatic rings. The number of benzene rings is 1. The number of hydrogen-bond acceptors (Lipinski definition) is 7.